The number of hydrogen-bond donors (Lipinski definition) is 1. The van der Waals surface area contributed by atoms with Crippen molar-refractivity contribution in [1.29, 1.82) is 0 Å². The number of hydrogen-bond acceptors (Lipinski definition) is 4. The number of rotatable bonds is 6. The van der Waals surface area contributed by atoms with Crippen LogP contribution < -0.4 is 0 Å². The third-order valence-electron chi connectivity index (χ3n) is 6.84. The van der Waals surface area contributed by atoms with E-state index in [1.807, 2.05) is 18.2 Å². The van der Waals surface area contributed by atoms with E-state index in [0.717, 1.165) is 25.7 Å². The van der Waals surface area contributed by atoms with E-state index in [0.29, 0.717) is 0 Å². The minimum atomic E-state index is -1.90. The first-order chi connectivity index (χ1) is 14.2. The van der Waals surface area contributed by atoms with E-state index in [2.05, 4.69) is 31.0 Å². The van der Waals surface area contributed by atoms with Crippen LogP contribution >= 0.6 is 0 Å². The molecule has 1 N–H and O–H groups in total. The molecule has 30 heavy (non-hydrogen) atoms. The molecule has 1 aliphatic carbocycles. The SMILES string of the molecule is CC[C@@](O)(C(=O)O[C@@H]1CCCC[C@H]1C(C)(C)c1ccccc1)c1ccnc(F)c1C. The van der Waals surface area contributed by atoms with Crippen LogP contribution in [0.4, 0.5) is 4.39 Å². The summed E-state index contributed by atoms with van der Waals surface area (Å²) in [5.41, 5.74) is -0.487. The third-order valence-corrected chi connectivity index (χ3v) is 6.84. The summed E-state index contributed by atoms with van der Waals surface area (Å²) in [5.74, 6) is -1.26. The standard InChI is InChI=1S/C25H32FNO3/c1-5-25(29,19-15-16-27-22(26)17(19)2)23(28)30-21-14-10-9-13-20(21)24(3,4)18-11-7-6-8-12-18/h6-8,11-12,15-16,20-21,29H,5,9-10,13-14H2,1-4H3/t20-,21-,25+/m1/s1. The van der Waals surface area contributed by atoms with Crippen LogP contribution in [0.5, 0.6) is 0 Å². The largest absolute Gasteiger partial charge is 0.460 e. The second-order valence-corrected chi connectivity index (χ2v) is 8.91. The fraction of sp³-hybridized carbons (Fsp3) is 0.520. The Bertz CT molecular complexity index is 883. The van der Waals surface area contributed by atoms with Crippen molar-refractivity contribution < 1.29 is 19.0 Å². The first-order valence-corrected chi connectivity index (χ1v) is 10.8. The quantitative estimate of drug-likeness (QED) is 0.522. The first-order valence-electron chi connectivity index (χ1n) is 10.8. The summed E-state index contributed by atoms with van der Waals surface area (Å²) in [7, 11) is 0. The van der Waals surface area contributed by atoms with E-state index in [9.17, 15) is 14.3 Å². The molecule has 1 fully saturated rings. The molecular formula is C25H32FNO3. The molecule has 1 aromatic carbocycles. The van der Waals surface area contributed by atoms with Crippen LogP contribution in [0.15, 0.2) is 42.6 Å². The van der Waals surface area contributed by atoms with E-state index in [1.165, 1.54) is 24.8 Å². The molecule has 4 nitrogen and oxygen atoms in total. The van der Waals surface area contributed by atoms with Crippen molar-refractivity contribution in [2.75, 3.05) is 0 Å². The molecule has 0 aliphatic heterocycles. The molecular weight excluding hydrogens is 381 g/mol. The van der Waals surface area contributed by atoms with Gasteiger partial charge in [0.25, 0.3) is 0 Å². The van der Waals surface area contributed by atoms with Crippen LogP contribution in [0.25, 0.3) is 0 Å². The number of aromatic nitrogens is 1. The van der Waals surface area contributed by atoms with Crippen LogP contribution in [0.3, 0.4) is 0 Å². The maximum Gasteiger partial charge on any atom is 0.343 e. The van der Waals surface area contributed by atoms with Gasteiger partial charge in [-0.3, -0.25) is 0 Å². The van der Waals surface area contributed by atoms with Crippen molar-refractivity contribution in [1.82, 2.24) is 4.98 Å². The molecule has 2 aromatic rings. The van der Waals surface area contributed by atoms with Gasteiger partial charge in [-0.15, -0.1) is 0 Å². The van der Waals surface area contributed by atoms with Gasteiger partial charge in [-0.2, -0.15) is 4.39 Å². The van der Waals surface area contributed by atoms with Gasteiger partial charge < -0.3 is 9.84 Å². The molecule has 0 bridgehead atoms. The Morgan fingerprint density at radius 3 is 2.53 bits per heavy atom. The average molecular weight is 414 g/mol. The Morgan fingerprint density at radius 2 is 1.87 bits per heavy atom. The predicted molar refractivity (Wildman–Crippen MR) is 114 cm³/mol. The zero-order chi connectivity index (χ0) is 21.9. The Morgan fingerprint density at radius 1 is 1.20 bits per heavy atom. The lowest BCUT2D eigenvalue weighted by atomic mass is 9.66. The summed E-state index contributed by atoms with van der Waals surface area (Å²) < 4.78 is 20.0. The molecule has 0 spiro atoms. The van der Waals surface area contributed by atoms with E-state index >= 15 is 0 Å². The summed E-state index contributed by atoms with van der Waals surface area (Å²) in [6.45, 7) is 7.60. The Labute approximate surface area is 178 Å². The second-order valence-electron chi connectivity index (χ2n) is 8.91. The lowest BCUT2D eigenvalue weighted by Gasteiger charge is -2.43. The first kappa shape index (κ1) is 22.4. The Hall–Kier alpha value is -2.27. The molecule has 0 amide bonds. The van der Waals surface area contributed by atoms with Gasteiger partial charge in [0.15, 0.2) is 5.60 Å². The number of benzene rings is 1. The zero-order valence-electron chi connectivity index (χ0n) is 18.3. The lowest BCUT2D eigenvalue weighted by Crippen LogP contribution is -2.46. The number of carbonyl (C=O) groups is 1. The molecule has 3 atom stereocenters. The van der Waals surface area contributed by atoms with Crippen molar-refractivity contribution in [2.45, 2.75) is 76.9 Å². The van der Waals surface area contributed by atoms with Crippen molar-refractivity contribution in [2.24, 2.45) is 5.92 Å². The minimum Gasteiger partial charge on any atom is -0.460 e. The second kappa shape index (κ2) is 8.84. The van der Waals surface area contributed by atoms with Crippen molar-refractivity contribution in [3.63, 3.8) is 0 Å². The van der Waals surface area contributed by atoms with E-state index in [4.69, 9.17) is 4.74 Å². The molecule has 0 unspecified atom stereocenters. The minimum absolute atomic E-state index is 0.0928. The highest BCUT2D eigenvalue weighted by Crippen LogP contribution is 2.43. The van der Waals surface area contributed by atoms with Gasteiger partial charge >= 0.3 is 5.97 Å². The topological polar surface area (TPSA) is 59.4 Å². The molecule has 162 valence electrons. The van der Waals surface area contributed by atoms with Crippen LogP contribution in [0, 0.1) is 18.8 Å². The molecule has 1 saturated carbocycles. The van der Waals surface area contributed by atoms with Gasteiger partial charge in [-0.05, 0) is 49.7 Å². The van der Waals surface area contributed by atoms with E-state index < -0.39 is 17.5 Å². The number of halogens is 1. The fourth-order valence-corrected chi connectivity index (χ4v) is 4.78. The molecule has 5 heteroatoms. The van der Waals surface area contributed by atoms with Gasteiger partial charge in [0.1, 0.15) is 6.10 Å². The number of carbonyl (C=O) groups excluding carboxylic acids is 1. The van der Waals surface area contributed by atoms with E-state index in [1.54, 1.807) is 6.92 Å². The normalized spacial score (nSPS) is 21.7. The molecule has 3 rings (SSSR count). The summed E-state index contributed by atoms with van der Waals surface area (Å²) >= 11 is 0. The molecule has 0 saturated heterocycles. The van der Waals surface area contributed by atoms with E-state index in [-0.39, 0.29) is 35.0 Å². The number of aliphatic hydroxyl groups is 1. The Balaban J connectivity index is 1.88. The van der Waals surface area contributed by atoms with Gasteiger partial charge in [-0.25, -0.2) is 9.78 Å². The molecule has 1 aromatic heterocycles. The smallest absolute Gasteiger partial charge is 0.343 e. The van der Waals surface area contributed by atoms with Crippen LogP contribution in [-0.2, 0) is 20.5 Å². The van der Waals surface area contributed by atoms with Crippen molar-refractivity contribution >= 4 is 5.97 Å². The third kappa shape index (κ3) is 4.13. The zero-order valence-corrected chi connectivity index (χ0v) is 18.3. The molecule has 1 aliphatic rings. The fourth-order valence-electron chi connectivity index (χ4n) is 4.78. The van der Waals surface area contributed by atoms with Crippen LogP contribution in [-0.4, -0.2) is 22.2 Å². The number of ether oxygens (including phenoxy) is 1. The highest BCUT2D eigenvalue weighted by Gasteiger charge is 2.45. The number of pyridine rings is 1. The highest BCUT2D eigenvalue weighted by molar-refractivity contribution is 5.81. The van der Waals surface area contributed by atoms with Gasteiger partial charge in [0.05, 0.1) is 0 Å². The van der Waals surface area contributed by atoms with Crippen LogP contribution in [0.1, 0.15) is 69.6 Å². The molecule has 0 radical (unpaired) electrons. The number of esters is 1. The summed E-state index contributed by atoms with van der Waals surface area (Å²) in [5, 5.41) is 11.2. The monoisotopic (exact) mass is 413 g/mol. The highest BCUT2D eigenvalue weighted by atomic mass is 19.1. The van der Waals surface area contributed by atoms with Gasteiger partial charge in [0.2, 0.25) is 5.95 Å². The van der Waals surface area contributed by atoms with Crippen molar-refractivity contribution in [3.05, 3.63) is 65.2 Å². The summed E-state index contributed by atoms with van der Waals surface area (Å²) in [4.78, 5) is 16.8. The maximum absolute atomic E-state index is 14.0. The lowest BCUT2D eigenvalue weighted by molar-refractivity contribution is -0.179. The van der Waals surface area contributed by atoms with Crippen LogP contribution in [0.2, 0.25) is 0 Å². The number of nitrogens with zero attached hydrogens (tertiary/aromatic N) is 1. The maximum atomic E-state index is 14.0. The summed E-state index contributed by atoms with van der Waals surface area (Å²) in [6.07, 6.45) is 4.84. The van der Waals surface area contributed by atoms with Gasteiger partial charge in [0, 0.05) is 23.2 Å². The van der Waals surface area contributed by atoms with Crippen molar-refractivity contribution in [3.8, 4) is 0 Å². The van der Waals surface area contributed by atoms with Gasteiger partial charge in [-0.1, -0.05) is 57.5 Å². The summed E-state index contributed by atoms with van der Waals surface area (Å²) in [6, 6.07) is 11.8. The molecule has 1 heterocycles. The Kier molecular flexibility index (Phi) is 6.61. The average Bonchev–Trinajstić information content (AvgIpc) is 2.76. The predicted octanol–water partition coefficient (Wildman–Crippen LogP) is 5.21.